The fourth-order valence-corrected chi connectivity index (χ4v) is 3.72. The summed E-state index contributed by atoms with van der Waals surface area (Å²) in [5, 5.41) is 4.03. The Labute approximate surface area is 145 Å². The van der Waals surface area contributed by atoms with Gasteiger partial charge in [0, 0.05) is 10.9 Å². The molecule has 0 aliphatic heterocycles. The van der Waals surface area contributed by atoms with Crippen molar-refractivity contribution in [2.45, 2.75) is 19.3 Å². The van der Waals surface area contributed by atoms with Crippen molar-refractivity contribution in [1.82, 2.24) is 5.32 Å². The molecule has 2 rings (SSSR count). The highest BCUT2D eigenvalue weighted by Crippen LogP contribution is 2.35. The van der Waals surface area contributed by atoms with Crippen molar-refractivity contribution in [1.29, 1.82) is 0 Å². The molecule has 0 radical (unpaired) electrons. The molecule has 1 fully saturated rings. The Balaban J connectivity index is 1.79. The molecule has 0 heterocycles. The third-order valence-electron chi connectivity index (χ3n) is 3.91. The molecular weight excluding hydrogens is 347 g/mol. The molecule has 0 saturated heterocycles. The summed E-state index contributed by atoms with van der Waals surface area (Å²) < 4.78 is 5.53. The van der Waals surface area contributed by atoms with Crippen LogP contribution in [0.4, 0.5) is 0 Å². The van der Waals surface area contributed by atoms with Gasteiger partial charge in [-0.1, -0.05) is 41.2 Å². The first-order valence-corrected chi connectivity index (χ1v) is 8.41. The second kappa shape index (κ2) is 8.25. The molecule has 1 saturated carbocycles. The van der Waals surface area contributed by atoms with E-state index in [4.69, 9.17) is 45.3 Å². The highest BCUT2D eigenvalue weighted by Gasteiger charge is 2.31. The summed E-state index contributed by atoms with van der Waals surface area (Å²) in [6, 6.07) is 3.13. The smallest absolute Gasteiger partial charge is 0.223 e. The molecule has 0 aromatic heterocycles. The number of carbonyl (C=O) groups is 1. The van der Waals surface area contributed by atoms with Gasteiger partial charge in [-0.25, -0.2) is 0 Å². The van der Waals surface area contributed by atoms with E-state index in [1.54, 1.807) is 12.1 Å². The normalized spacial score (nSPS) is 20.9. The van der Waals surface area contributed by atoms with Crippen molar-refractivity contribution in [2.75, 3.05) is 19.7 Å². The molecule has 0 unspecified atom stereocenters. The van der Waals surface area contributed by atoms with Gasteiger partial charge in [-0.3, -0.25) is 4.79 Å². The van der Waals surface area contributed by atoms with Gasteiger partial charge in [0.15, 0.2) is 5.75 Å². The van der Waals surface area contributed by atoms with Gasteiger partial charge >= 0.3 is 0 Å². The van der Waals surface area contributed by atoms with Crippen molar-refractivity contribution in [3.8, 4) is 5.75 Å². The lowest BCUT2D eigenvalue weighted by molar-refractivity contribution is -0.126. The molecular formula is C15H19Cl3N2O2. The zero-order valence-electron chi connectivity index (χ0n) is 12.1. The first-order valence-electron chi connectivity index (χ1n) is 7.28. The van der Waals surface area contributed by atoms with Crippen LogP contribution in [0.3, 0.4) is 0 Å². The summed E-state index contributed by atoms with van der Waals surface area (Å²) in [7, 11) is 0. The summed E-state index contributed by atoms with van der Waals surface area (Å²) in [4.78, 5) is 12.1. The maximum Gasteiger partial charge on any atom is 0.223 e. The fraction of sp³-hybridized carbons (Fsp3) is 0.533. The lowest BCUT2D eigenvalue weighted by Gasteiger charge is -2.17. The topological polar surface area (TPSA) is 64.4 Å². The van der Waals surface area contributed by atoms with E-state index in [0.717, 1.165) is 19.3 Å². The molecule has 4 nitrogen and oxygen atoms in total. The minimum atomic E-state index is 0.0210. The van der Waals surface area contributed by atoms with E-state index in [1.165, 1.54) is 0 Å². The van der Waals surface area contributed by atoms with Crippen LogP contribution in [0, 0.1) is 11.8 Å². The minimum absolute atomic E-state index is 0.0210. The molecule has 1 aromatic rings. The Hall–Kier alpha value is -0.680. The van der Waals surface area contributed by atoms with Crippen molar-refractivity contribution < 1.29 is 9.53 Å². The average molecular weight is 366 g/mol. The van der Waals surface area contributed by atoms with Gasteiger partial charge in [0.05, 0.1) is 16.6 Å². The molecule has 1 aliphatic rings. The fourth-order valence-electron chi connectivity index (χ4n) is 2.79. The van der Waals surface area contributed by atoms with E-state index in [1.807, 2.05) is 0 Å². The molecule has 1 amide bonds. The molecule has 1 aromatic carbocycles. The quantitative estimate of drug-likeness (QED) is 0.758. The number of amides is 1. The van der Waals surface area contributed by atoms with Crippen LogP contribution in [-0.4, -0.2) is 25.6 Å². The van der Waals surface area contributed by atoms with E-state index < -0.39 is 0 Å². The number of nitrogens with two attached hydrogens (primary N) is 1. The number of rotatable bonds is 6. The Morgan fingerprint density at radius 1 is 1.27 bits per heavy atom. The summed E-state index contributed by atoms with van der Waals surface area (Å²) in [5.41, 5.74) is 5.69. The predicted octanol–water partition coefficient (Wildman–Crippen LogP) is 3.52. The van der Waals surface area contributed by atoms with Crippen LogP contribution in [0.2, 0.25) is 15.1 Å². The van der Waals surface area contributed by atoms with Gasteiger partial charge in [-0.2, -0.15) is 0 Å². The van der Waals surface area contributed by atoms with E-state index in [9.17, 15) is 4.79 Å². The molecule has 0 bridgehead atoms. The molecule has 122 valence electrons. The summed E-state index contributed by atoms with van der Waals surface area (Å²) in [6.45, 7) is 1.24. The standard InChI is InChI=1S/C15H19Cl3N2O2/c16-10-6-12(17)14(13(18)7-10)22-5-4-20-15(21)11-3-1-2-9(11)8-19/h6-7,9,11H,1-5,8,19H2,(H,20,21)/t9-,11-/m1/s1. The second-order valence-corrected chi connectivity index (χ2v) is 6.62. The van der Waals surface area contributed by atoms with Crippen LogP contribution in [0.5, 0.6) is 5.75 Å². The van der Waals surface area contributed by atoms with Gasteiger partial charge in [0.1, 0.15) is 6.61 Å². The molecule has 0 spiro atoms. The number of benzene rings is 1. The third kappa shape index (κ3) is 4.42. The second-order valence-electron chi connectivity index (χ2n) is 5.37. The lowest BCUT2D eigenvalue weighted by atomic mass is 9.95. The van der Waals surface area contributed by atoms with Gasteiger partial charge in [-0.05, 0) is 37.4 Å². The largest absolute Gasteiger partial charge is 0.489 e. The Morgan fingerprint density at radius 3 is 2.59 bits per heavy atom. The Morgan fingerprint density at radius 2 is 1.95 bits per heavy atom. The van der Waals surface area contributed by atoms with Gasteiger partial charge in [-0.15, -0.1) is 0 Å². The Bertz CT molecular complexity index is 517. The van der Waals surface area contributed by atoms with Crippen molar-refractivity contribution >= 4 is 40.7 Å². The van der Waals surface area contributed by atoms with Crippen LogP contribution in [0.1, 0.15) is 19.3 Å². The predicted molar refractivity (Wildman–Crippen MR) is 89.9 cm³/mol. The van der Waals surface area contributed by atoms with Crippen molar-refractivity contribution in [3.05, 3.63) is 27.2 Å². The Kier molecular flexibility index (Phi) is 6.63. The van der Waals surface area contributed by atoms with Gasteiger partial charge in [0.25, 0.3) is 0 Å². The van der Waals surface area contributed by atoms with Gasteiger partial charge in [0.2, 0.25) is 5.91 Å². The highest BCUT2D eigenvalue weighted by atomic mass is 35.5. The molecule has 3 N–H and O–H groups in total. The molecule has 7 heteroatoms. The van der Waals surface area contributed by atoms with Crippen molar-refractivity contribution in [2.24, 2.45) is 17.6 Å². The zero-order chi connectivity index (χ0) is 16.1. The SMILES string of the molecule is NC[C@H]1CCC[C@H]1C(=O)NCCOc1c(Cl)cc(Cl)cc1Cl. The molecule has 1 aliphatic carbocycles. The van der Waals surface area contributed by atoms with Crippen LogP contribution in [-0.2, 0) is 4.79 Å². The molecule has 2 atom stereocenters. The number of carbonyl (C=O) groups excluding carboxylic acids is 1. The maximum atomic E-state index is 12.1. The summed E-state index contributed by atoms with van der Waals surface area (Å²) >= 11 is 17.9. The van der Waals surface area contributed by atoms with Crippen molar-refractivity contribution in [3.63, 3.8) is 0 Å². The molecule has 22 heavy (non-hydrogen) atoms. The number of nitrogens with one attached hydrogen (secondary N) is 1. The lowest BCUT2D eigenvalue weighted by Crippen LogP contribution is -2.37. The van der Waals surface area contributed by atoms with Crippen LogP contribution < -0.4 is 15.8 Å². The van der Waals surface area contributed by atoms with E-state index in [-0.39, 0.29) is 18.4 Å². The average Bonchev–Trinajstić information content (AvgIpc) is 2.93. The van der Waals surface area contributed by atoms with Crippen LogP contribution >= 0.6 is 34.8 Å². The van der Waals surface area contributed by atoms with Gasteiger partial charge < -0.3 is 15.8 Å². The number of hydrogen-bond acceptors (Lipinski definition) is 3. The summed E-state index contributed by atoms with van der Waals surface area (Å²) in [6.07, 6.45) is 3.00. The van der Waals surface area contributed by atoms with E-state index in [2.05, 4.69) is 5.32 Å². The number of halogens is 3. The van der Waals surface area contributed by atoms with E-state index >= 15 is 0 Å². The number of ether oxygens (including phenoxy) is 1. The first-order chi connectivity index (χ1) is 10.5. The number of hydrogen-bond donors (Lipinski definition) is 2. The first kappa shape index (κ1) is 17.7. The minimum Gasteiger partial charge on any atom is -0.489 e. The van der Waals surface area contributed by atoms with Crippen LogP contribution in [0.15, 0.2) is 12.1 Å². The third-order valence-corrected chi connectivity index (χ3v) is 4.69. The van der Waals surface area contributed by atoms with E-state index in [0.29, 0.717) is 39.8 Å². The highest BCUT2D eigenvalue weighted by molar-refractivity contribution is 6.40. The summed E-state index contributed by atoms with van der Waals surface area (Å²) in [5.74, 6) is 0.737. The van der Waals surface area contributed by atoms with Crippen LogP contribution in [0.25, 0.3) is 0 Å². The zero-order valence-corrected chi connectivity index (χ0v) is 14.3. The monoisotopic (exact) mass is 364 g/mol. The maximum absolute atomic E-state index is 12.1.